The predicted molar refractivity (Wildman–Crippen MR) is 99.2 cm³/mol. The maximum absolute atomic E-state index is 12.4. The molecule has 0 fully saturated rings. The lowest BCUT2D eigenvalue weighted by Gasteiger charge is -2.09. The van der Waals surface area contributed by atoms with Crippen LogP contribution in [0.2, 0.25) is 0 Å². The maximum Gasteiger partial charge on any atom is 0.240 e. The van der Waals surface area contributed by atoms with Crippen LogP contribution in [0.1, 0.15) is 23.3 Å². The molecule has 3 rings (SSSR count). The van der Waals surface area contributed by atoms with E-state index in [2.05, 4.69) is 16.1 Å². The van der Waals surface area contributed by atoms with Gasteiger partial charge in [0.1, 0.15) is 0 Å². The minimum absolute atomic E-state index is 0.0996. The van der Waals surface area contributed by atoms with Crippen molar-refractivity contribution in [2.75, 3.05) is 17.6 Å². The van der Waals surface area contributed by atoms with Crippen LogP contribution in [-0.4, -0.2) is 26.6 Å². The van der Waals surface area contributed by atoms with Crippen LogP contribution in [-0.2, 0) is 20.6 Å². The number of hydrogen-bond acceptors (Lipinski definition) is 5. The third-order valence-electron chi connectivity index (χ3n) is 3.81. The maximum atomic E-state index is 12.4. The lowest BCUT2D eigenvalue weighted by atomic mass is 10.0. The first-order valence-electron chi connectivity index (χ1n) is 7.52. The fourth-order valence-corrected chi connectivity index (χ4v) is 5.36. The molecule has 0 saturated heterocycles. The Morgan fingerprint density at radius 3 is 2.92 bits per heavy atom. The summed E-state index contributed by atoms with van der Waals surface area (Å²) >= 11 is 3.40. The Hall–Kier alpha value is -1.35. The predicted octanol–water partition coefficient (Wildman–Crippen LogP) is 3.02. The molecule has 2 heterocycles. The number of benzene rings is 1. The fourth-order valence-electron chi connectivity index (χ4n) is 2.46. The van der Waals surface area contributed by atoms with Crippen LogP contribution >= 0.6 is 23.1 Å². The number of fused-ring (bicyclic) bond motifs is 1. The lowest BCUT2D eigenvalue weighted by Crippen LogP contribution is -2.26. The van der Waals surface area contributed by atoms with E-state index in [-0.39, 0.29) is 16.7 Å². The molecule has 0 aliphatic carbocycles. The molecule has 1 aromatic carbocycles. The molecule has 1 aliphatic rings. The van der Waals surface area contributed by atoms with Gasteiger partial charge >= 0.3 is 0 Å². The smallest absolute Gasteiger partial charge is 0.240 e. The van der Waals surface area contributed by atoms with Gasteiger partial charge in [-0.15, -0.1) is 11.3 Å². The average molecular weight is 383 g/mol. The molecule has 24 heavy (non-hydrogen) atoms. The number of sulfonamides is 1. The zero-order valence-electron chi connectivity index (χ0n) is 13.1. The van der Waals surface area contributed by atoms with Crippen LogP contribution in [0.5, 0.6) is 0 Å². The van der Waals surface area contributed by atoms with E-state index in [0.717, 1.165) is 11.3 Å². The van der Waals surface area contributed by atoms with Gasteiger partial charge < -0.3 is 5.32 Å². The van der Waals surface area contributed by atoms with Crippen LogP contribution in [0.4, 0.5) is 5.69 Å². The standard InChI is InChI=1S/C16H18N2O3S3/c1-11-14-9-13(4-5-15(14)18-16(11)19)24(20,21)17-6-8-22-10-12-3-2-7-23-12/h2-5,7,9,11,17H,6,8,10H2,1H3,(H,18,19)/t11-/m0/s1. The Bertz CT molecular complexity index is 832. The van der Waals surface area contributed by atoms with Crippen molar-refractivity contribution in [2.45, 2.75) is 23.5 Å². The summed E-state index contributed by atoms with van der Waals surface area (Å²) < 4.78 is 27.4. The first kappa shape index (κ1) is 17.5. The molecule has 1 atom stereocenters. The van der Waals surface area contributed by atoms with E-state index in [1.165, 1.54) is 10.9 Å². The van der Waals surface area contributed by atoms with Crippen molar-refractivity contribution in [1.29, 1.82) is 0 Å². The van der Waals surface area contributed by atoms with Crippen LogP contribution < -0.4 is 10.0 Å². The molecule has 1 amide bonds. The van der Waals surface area contributed by atoms with Gasteiger partial charge in [0.05, 0.1) is 10.8 Å². The van der Waals surface area contributed by atoms with Gasteiger partial charge in [0.15, 0.2) is 0 Å². The van der Waals surface area contributed by atoms with Crippen LogP contribution in [0, 0.1) is 0 Å². The van der Waals surface area contributed by atoms with Crippen molar-refractivity contribution in [3.8, 4) is 0 Å². The second kappa shape index (κ2) is 7.26. The van der Waals surface area contributed by atoms with Crippen molar-refractivity contribution < 1.29 is 13.2 Å². The molecule has 2 aromatic rings. The minimum Gasteiger partial charge on any atom is -0.325 e. The molecular formula is C16H18N2O3S3. The van der Waals surface area contributed by atoms with E-state index >= 15 is 0 Å². The van der Waals surface area contributed by atoms with Crippen molar-refractivity contribution in [3.05, 3.63) is 46.2 Å². The van der Waals surface area contributed by atoms with Gasteiger partial charge in [-0.25, -0.2) is 13.1 Å². The summed E-state index contributed by atoms with van der Waals surface area (Å²) in [6, 6.07) is 8.84. The van der Waals surface area contributed by atoms with Gasteiger partial charge in [0, 0.05) is 28.6 Å². The number of hydrogen-bond donors (Lipinski definition) is 2. The quantitative estimate of drug-likeness (QED) is 0.722. The van der Waals surface area contributed by atoms with E-state index in [1.54, 1.807) is 42.2 Å². The molecule has 8 heteroatoms. The normalized spacial score (nSPS) is 16.9. The van der Waals surface area contributed by atoms with E-state index in [9.17, 15) is 13.2 Å². The van der Waals surface area contributed by atoms with Gasteiger partial charge in [-0.1, -0.05) is 6.07 Å². The molecule has 0 unspecified atom stereocenters. The average Bonchev–Trinajstić information content (AvgIpc) is 3.16. The summed E-state index contributed by atoms with van der Waals surface area (Å²) in [6.45, 7) is 2.15. The van der Waals surface area contributed by atoms with Gasteiger partial charge in [0.25, 0.3) is 0 Å². The third kappa shape index (κ3) is 3.83. The fraction of sp³-hybridized carbons (Fsp3) is 0.312. The Labute approximate surface area is 149 Å². The number of carbonyl (C=O) groups excluding carboxylic acids is 1. The molecule has 0 saturated carbocycles. The Morgan fingerprint density at radius 1 is 1.33 bits per heavy atom. The second-order valence-electron chi connectivity index (χ2n) is 5.49. The molecule has 5 nitrogen and oxygen atoms in total. The van der Waals surface area contributed by atoms with Crippen molar-refractivity contribution >= 4 is 44.7 Å². The Balaban J connectivity index is 1.57. The first-order chi connectivity index (χ1) is 11.5. The number of anilines is 1. The summed E-state index contributed by atoms with van der Waals surface area (Å²) in [6.07, 6.45) is 0. The van der Waals surface area contributed by atoms with Crippen molar-refractivity contribution in [3.63, 3.8) is 0 Å². The SMILES string of the molecule is C[C@@H]1C(=O)Nc2ccc(S(=O)(=O)NCCSCc3cccs3)cc21. The van der Waals surface area contributed by atoms with Crippen molar-refractivity contribution in [2.24, 2.45) is 0 Å². The van der Waals surface area contributed by atoms with E-state index in [0.29, 0.717) is 18.0 Å². The Morgan fingerprint density at radius 2 is 2.17 bits per heavy atom. The van der Waals surface area contributed by atoms with Crippen molar-refractivity contribution in [1.82, 2.24) is 4.72 Å². The monoisotopic (exact) mass is 382 g/mol. The Kier molecular flexibility index (Phi) is 5.29. The lowest BCUT2D eigenvalue weighted by molar-refractivity contribution is -0.116. The molecule has 1 aliphatic heterocycles. The van der Waals surface area contributed by atoms with Gasteiger partial charge in [-0.3, -0.25) is 4.79 Å². The van der Waals surface area contributed by atoms with Crippen LogP contribution in [0.15, 0.2) is 40.6 Å². The minimum atomic E-state index is -3.56. The molecule has 1 aromatic heterocycles. The first-order valence-corrected chi connectivity index (χ1v) is 11.0. The zero-order valence-corrected chi connectivity index (χ0v) is 15.6. The highest BCUT2D eigenvalue weighted by atomic mass is 32.2. The van der Waals surface area contributed by atoms with Crippen LogP contribution in [0.25, 0.3) is 0 Å². The highest BCUT2D eigenvalue weighted by molar-refractivity contribution is 7.98. The largest absolute Gasteiger partial charge is 0.325 e. The number of rotatable bonds is 7. The molecule has 0 spiro atoms. The van der Waals surface area contributed by atoms with E-state index in [4.69, 9.17) is 0 Å². The molecule has 128 valence electrons. The highest BCUT2D eigenvalue weighted by Crippen LogP contribution is 2.33. The van der Waals surface area contributed by atoms with E-state index in [1.807, 2.05) is 11.4 Å². The second-order valence-corrected chi connectivity index (χ2v) is 9.39. The highest BCUT2D eigenvalue weighted by Gasteiger charge is 2.28. The third-order valence-corrected chi connectivity index (χ3v) is 7.34. The summed E-state index contributed by atoms with van der Waals surface area (Å²) in [5.74, 6) is 1.18. The van der Waals surface area contributed by atoms with E-state index < -0.39 is 10.0 Å². The number of thioether (sulfide) groups is 1. The zero-order chi connectivity index (χ0) is 17.2. The number of amides is 1. The summed E-state index contributed by atoms with van der Waals surface area (Å²) in [4.78, 5) is 13.1. The van der Waals surface area contributed by atoms with Gasteiger partial charge in [-0.2, -0.15) is 11.8 Å². The molecule has 0 bridgehead atoms. The number of thiophene rings is 1. The number of nitrogens with one attached hydrogen (secondary N) is 2. The molecule has 0 radical (unpaired) electrons. The van der Waals surface area contributed by atoms with Crippen LogP contribution in [0.3, 0.4) is 0 Å². The molecular weight excluding hydrogens is 364 g/mol. The molecule has 2 N–H and O–H groups in total. The summed E-state index contributed by atoms with van der Waals surface area (Å²) in [5, 5.41) is 4.78. The van der Waals surface area contributed by atoms with Gasteiger partial charge in [0.2, 0.25) is 15.9 Å². The number of carbonyl (C=O) groups is 1. The van der Waals surface area contributed by atoms with Gasteiger partial charge in [-0.05, 0) is 42.1 Å². The summed E-state index contributed by atoms with van der Waals surface area (Å²) in [7, 11) is -3.56. The topological polar surface area (TPSA) is 75.3 Å². The summed E-state index contributed by atoms with van der Waals surface area (Å²) in [5.41, 5.74) is 1.42.